The molecular weight excluding hydrogens is 438 g/mol. The molecular formula is C24H29N5OS2. The van der Waals surface area contributed by atoms with Gasteiger partial charge in [-0.15, -0.1) is 22.0 Å². The number of nitrogens with zero attached hydrogens (tertiary/aromatic N) is 4. The fraction of sp³-hybridized carbons (Fsp3) is 0.333. The smallest absolute Gasteiger partial charge is 0.250 e. The average molecular weight is 468 g/mol. The highest BCUT2D eigenvalue weighted by Crippen LogP contribution is 2.27. The third kappa shape index (κ3) is 6.23. The van der Waals surface area contributed by atoms with E-state index >= 15 is 0 Å². The molecule has 3 rings (SSSR count). The molecule has 0 spiro atoms. The van der Waals surface area contributed by atoms with Crippen molar-refractivity contribution in [2.45, 2.75) is 49.7 Å². The van der Waals surface area contributed by atoms with Crippen LogP contribution in [0.5, 0.6) is 0 Å². The molecule has 0 unspecified atom stereocenters. The minimum Gasteiger partial charge on any atom is -0.302 e. The first-order valence-corrected chi connectivity index (χ1v) is 12.7. The maximum atomic E-state index is 12.2. The van der Waals surface area contributed by atoms with Crippen molar-refractivity contribution in [3.8, 4) is 11.4 Å². The Balaban J connectivity index is 1.60. The van der Waals surface area contributed by atoms with E-state index in [1.807, 2.05) is 42.0 Å². The number of rotatable bonds is 8. The molecule has 2 aromatic carbocycles. The highest BCUT2D eigenvalue weighted by atomic mass is 32.2. The lowest BCUT2D eigenvalue weighted by Gasteiger charge is -2.19. The van der Waals surface area contributed by atoms with E-state index < -0.39 is 0 Å². The van der Waals surface area contributed by atoms with E-state index in [0.29, 0.717) is 5.16 Å². The Morgan fingerprint density at radius 2 is 1.78 bits per heavy atom. The molecule has 0 radical (unpaired) electrons. The summed E-state index contributed by atoms with van der Waals surface area (Å²) in [7, 11) is 0. The molecule has 1 aromatic heterocycles. The number of amides is 1. The molecule has 3 aromatic rings. The molecule has 6 nitrogen and oxygen atoms in total. The Bertz CT molecular complexity index is 1070. The summed E-state index contributed by atoms with van der Waals surface area (Å²) in [6.45, 7) is 9.36. The van der Waals surface area contributed by atoms with Gasteiger partial charge in [-0.25, -0.2) is 5.43 Å². The van der Waals surface area contributed by atoms with E-state index in [1.54, 1.807) is 18.0 Å². The average Bonchev–Trinajstić information content (AvgIpc) is 3.20. The predicted molar refractivity (Wildman–Crippen MR) is 135 cm³/mol. The molecule has 0 fully saturated rings. The van der Waals surface area contributed by atoms with Crippen LogP contribution in [-0.4, -0.2) is 38.9 Å². The van der Waals surface area contributed by atoms with Crippen LogP contribution in [0.1, 0.15) is 38.8 Å². The lowest BCUT2D eigenvalue weighted by Crippen LogP contribution is -2.20. The molecule has 0 bridgehead atoms. The second-order valence-electron chi connectivity index (χ2n) is 8.23. The molecule has 32 heavy (non-hydrogen) atoms. The fourth-order valence-corrected chi connectivity index (χ4v) is 4.25. The predicted octanol–water partition coefficient (Wildman–Crippen LogP) is 5.23. The summed E-state index contributed by atoms with van der Waals surface area (Å²) < 4.78 is 2.03. The summed E-state index contributed by atoms with van der Waals surface area (Å²) >= 11 is 3.04. The standard InChI is InChI=1S/C24H29N5OS2/c1-6-29-22(18-9-11-19(12-10-18)24(2,3)4)27-28-23(29)32-16-21(30)26-25-15-17-7-13-20(31-5)14-8-17/h7-15H,6,16H2,1-5H3,(H,26,30). The zero-order chi connectivity index (χ0) is 23.1. The van der Waals surface area contributed by atoms with Gasteiger partial charge in [0.2, 0.25) is 0 Å². The Labute approximate surface area is 198 Å². The van der Waals surface area contributed by atoms with Crippen LogP contribution in [0.3, 0.4) is 0 Å². The number of carbonyl (C=O) groups is 1. The molecule has 0 atom stereocenters. The lowest BCUT2D eigenvalue weighted by molar-refractivity contribution is -0.118. The molecule has 1 N–H and O–H groups in total. The number of benzene rings is 2. The van der Waals surface area contributed by atoms with Gasteiger partial charge in [0.15, 0.2) is 11.0 Å². The zero-order valence-corrected chi connectivity index (χ0v) is 20.8. The van der Waals surface area contributed by atoms with Crippen molar-refractivity contribution in [2.75, 3.05) is 12.0 Å². The van der Waals surface area contributed by atoms with Crippen molar-refractivity contribution >= 4 is 35.6 Å². The molecule has 0 aliphatic rings. The first-order chi connectivity index (χ1) is 15.3. The van der Waals surface area contributed by atoms with Gasteiger partial charge in [-0.1, -0.05) is 68.9 Å². The van der Waals surface area contributed by atoms with Gasteiger partial charge in [0.1, 0.15) is 0 Å². The van der Waals surface area contributed by atoms with E-state index in [4.69, 9.17) is 0 Å². The van der Waals surface area contributed by atoms with Crippen molar-refractivity contribution in [3.63, 3.8) is 0 Å². The number of aromatic nitrogens is 3. The van der Waals surface area contributed by atoms with E-state index in [0.717, 1.165) is 23.5 Å². The van der Waals surface area contributed by atoms with Gasteiger partial charge < -0.3 is 4.57 Å². The third-order valence-corrected chi connectivity index (χ3v) is 6.60. The Morgan fingerprint density at radius 1 is 1.09 bits per heavy atom. The zero-order valence-electron chi connectivity index (χ0n) is 19.1. The summed E-state index contributed by atoms with van der Waals surface area (Å²) in [5, 5.41) is 13.4. The van der Waals surface area contributed by atoms with E-state index in [-0.39, 0.29) is 17.1 Å². The SMILES string of the molecule is CCn1c(SCC(=O)NN=Cc2ccc(SC)cc2)nnc1-c1ccc(C(C)(C)C)cc1. The second kappa shape index (κ2) is 10.8. The Kier molecular flexibility index (Phi) is 8.15. The molecule has 0 saturated carbocycles. The summed E-state index contributed by atoms with van der Waals surface area (Å²) in [6.07, 6.45) is 3.67. The number of hydrogen-bond acceptors (Lipinski definition) is 6. The van der Waals surface area contributed by atoms with Gasteiger partial charge in [0.25, 0.3) is 5.91 Å². The molecule has 0 saturated heterocycles. The Morgan fingerprint density at radius 3 is 2.38 bits per heavy atom. The fourth-order valence-electron chi connectivity index (χ4n) is 3.04. The van der Waals surface area contributed by atoms with Gasteiger partial charge in [-0.3, -0.25) is 4.79 Å². The molecule has 1 amide bonds. The Hall–Kier alpha value is -2.58. The maximum Gasteiger partial charge on any atom is 0.250 e. The van der Waals surface area contributed by atoms with Crippen molar-refractivity contribution in [2.24, 2.45) is 5.10 Å². The van der Waals surface area contributed by atoms with Crippen LogP contribution in [-0.2, 0) is 16.8 Å². The normalized spacial score (nSPS) is 11.8. The first kappa shape index (κ1) is 24.1. The van der Waals surface area contributed by atoms with Gasteiger partial charge in [0.05, 0.1) is 12.0 Å². The van der Waals surface area contributed by atoms with Gasteiger partial charge in [0, 0.05) is 17.0 Å². The van der Waals surface area contributed by atoms with Gasteiger partial charge in [-0.2, -0.15) is 5.10 Å². The van der Waals surface area contributed by atoms with Gasteiger partial charge >= 0.3 is 0 Å². The van der Waals surface area contributed by atoms with Crippen molar-refractivity contribution in [1.82, 2.24) is 20.2 Å². The molecule has 1 heterocycles. The van der Waals surface area contributed by atoms with E-state index in [9.17, 15) is 4.79 Å². The number of hydrogen-bond donors (Lipinski definition) is 1. The van der Waals surface area contributed by atoms with Crippen LogP contribution in [0.4, 0.5) is 0 Å². The number of nitrogens with one attached hydrogen (secondary N) is 1. The molecule has 168 valence electrons. The summed E-state index contributed by atoms with van der Waals surface area (Å²) in [6, 6.07) is 16.4. The van der Waals surface area contributed by atoms with Crippen molar-refractivity contribution < 1.29 is 4.79 Å². The summed E-state index contributed by atoms with van der Waals surface area (Å²) in [5.74, 6) is 0.834. The monoisotopic (exact) mass is 467 g/mol. The molecule has 0 aliphatic carbocycles. The number of thioether (sulfide) groups is 2. The third-order valence-electron chi connectivity index (χ3n) is 4.89. The second-order valence-corrected chi connectivity index (χ2v) is 10.1. The quantitative estimate of drug-likeness (QED) is 0.279. The minimum atomic E-state index is -0.186. The summed E-state index contributed by atoms with van der Waals surface area (Å²) in [4.78, 5) is 13.4. The maximum absolute atomic E-state index is 12.2. The van der Waals surface area contributed by atoms with E-state index in [1.165, 1.54) is 22.2 Å². The highest BCUT2D eigenvalue weighted by Gasteiger charge is 2.17. The highest BCUT2D eigenvalue weighted by molar-refractivity contribution is 7.99. The van der Waals surface area contributed by atoms with E-state index in [2.05, 4.69) is 65.8 Å². The number of carbonyl (C=O) groups excluding carboxylic acids is 1. The van der Waals surface area contributed by atoms with Crippen LogP contribution in [0.25, 0.3) is 11.4 Å². The van der Waals surface area contributed by atoms with Crippen LogP contribution in [0, 0.1) is 0 Å². The van der Waals surface area contributed by atoms with Crippen molar-refractivity contribution in [1.29, 1.82) is 0 Å². The topological polar surface area (TPSA) is 72.2 Å². The van der Waals surface area contributed by atoms with Crippen molar-refractivity contribution in [3.05, 3.63) is 59.7 Å². The van der Waals surface area contributed by atoms with Crippen LogP contribution >= 0.6 is 23.5 Å². The van der Waals surface area contributed by atoms with Crippen LogP contribution in [0.15, 0.2) is 63.7 Å². The largest absolute Gasteiger partial charge is 0.302 e. The minimum absolute atomic E-state index is 0.103. The van der Waals surface area contributed by atoms with Gasteiger partial charge in [-0.05, 0) is 41.9 Å². The molecule has 0 aliphatic heterocycles. The van der Waals surface area contributed by atoms with Crippen LogP contribution in [0.2, 0.25) is 0 Å². The molecule has 8 heteroatoms. The number of hydrazone groups is 1. The van der Waals surface area contributed by atoms with Crippen LogP contribution < -0.4 is 5.43 Å². The summed E-state index contributed by atoms with van der Waals surface area (Å²) in [5.41, 5.74) is 5.90. The lowest BCUT2D eigenvalue weighted by atomic mass is 9.87. The first-order valence-electron chi connectivity index (χ1n) is 10.4.